The van der Waals surface area contributed by atoms with Gasteiger partial charge in [-0.05, 0) is 56.2 Å². The molecule has 9 heteroatoms. The second-order valence-electron chi connectivity index (χ2n) is 7.63. The topological polar surface area (TPSA) is 110 Å². The van der Waals surface area contributed by atoms with Crippen LogP contribution in [0, 0.1) is 0 Å². The smallest absolute Gasteiger partial charge is 0.338 e. The lowest BCUT2D eigenvalue weighted by Gasteiger charge is -2.17. The molecule has 1 amide bonds. The van der Waals surface area contributed by atoms with Gasteiger partial charge in [-0.1, -0.05) is 25.5 Å². The van der Waals surface area contributed by atoms with Crippen molar-refractivity contribution in [3.8, 4) is 0 Å². The number of hydrogen-bond donors (Lipinski definition) is 1. The highest BCUT2D eigenvalue weighted by molar-refractivity contribution is 7.89. The maximum absolute atomic E-state index is 12.7. The van der Waals surface area contributed by atoms with Gasteiger partial charge in [0.1, 0.15) is 0 Å². The highest BCUT2D eigenvalue weighted by Crippen LogP contribution is 2.17. The standard InChI is InChI=1S/C24H30N2O6S/c1-4-5-17-32-24(29)20-8-12-21(13-9-20)25-23(28)7-6-16-26(3)33(30,31)22-14-10-19(11-15-22)18(2)27/h8-15H,4-7,16-17H2,1-3H3,(H,25,28). The summed E-state index contributed by atoms with van der Waals surface area (Å²) in [5.74, 6) is -0.800. The van der Waals surface area contributed by atoms with Gasteiger partial charge in [0, 0.05) is 31.3 Å². The quantitative estimate of drug-likeness (QED) is 0.284. The first kappa shape index (κ1) is 26.2. The van der Waals surface area contributed by atoms with E-state index >= 15 is 0 Å². The van der Waals surface area contributed by atoms with Crippen LogP contribution in [0.15, 0.2) is 53.4 Å². The number of carbonyl (C=O) groups is 3. The van der Waals surface area contributed by atoms with Crippen LogP contribution in [0.2, 0.25) is 0 Å². The molecule has 178 valence electrons. The Hall–Kier alpha value is -3.04. The number of rotatable bonds is 12. The lowest BCUT2D eigenvalue weighted by atomic mass is 10.2. The van der Waals surface area contributed by atoms with Gasteiger partial charge in [0.05, 0.1) is 17.1 Å². The lowest BCUT2D eigenvalue weighted by Crippen LogP contribution is -2.28. The second-order valence-corrected chi connectivity index (χ2v) is 9.67. The largest absolute Gasteiger partial charge is 0.462 e. The number of hydrogen-bond acceptors (Lipinski definition) is 6. The van der Waals surface area contributed by atoms with Gasteiger partial charge in [0.15, 0.2) is 5.78 Å². The van der Waals surface area contributed by atoms with Crippen LogP contribution in [0.25, 0.3) is 0 Å². The third kappa shape index (κ3) is 7.80. The van der Waals surface area contributed by atoms with Gasteiger partial charge in [-0.15, -0.1) is 0 Å². The molecule has 0 bridgehead atoms. The molecular formula is C24H30N2O6S. The summed E-state index contributed by atoms with van der Waals surface area (Å²) in [6.45, 7) is 3.96. The van der Waals surface area contributed by atoms with E-state index < -0.39 is 16.0 Å². The van der Waals surface area contributed by atoms with Crippen molar-refractivity contribution in [3.63, 3.8) is 0 Å². The van der Waals surface area contributed by atoms with E-state index in [1.165, 1.54) is 42.5 Å². The number of ether oxygens (including phenoxy) is 1. The van der Waals surface area contributed by atoms with Gasteiger partial charge >= 0.3 is 5.97 Å². The summed E-state index contributed by atoms with van der Waals surface area (Å²) in [6.07, 6.45) is 2.20. The Morgan fingerprint density at radius 1 is 0.939 bits per heavy atom. The number of Topliss-reactive ketones (excluding diaryl/α,β-unsaturated/α-hetero) is 1. The Morgan fingerprint density at radius 2 is 1.55 bits per heavy atom. The molecule has 2 aromatic carbocycles. The van der Waals surface area contributed by atoms with Crippen LogP contribution in [0.4, 0.5) is 5.69 Å². The highest BCUT2D eigenvalue weighted by atomic mass is 32.2. The molecular weight excluding hydrogens is 444 g/mol. The molecule has 0 radical (unpaired) electrons. The van der Waals surface area contributed by atoms with Crippen molar-refractivity contribution >= 4 is 33.4 Å². The molecule has 2 rings (SSSR count). The number of esters is 1. The van der Waals surface area contributed by atoms with Crippen molar-refractivity contribution in [2.45, 2.75) is 44.4 Å². The summed E-state index contributed by atoms with van der Waals surface area (Å²) < 4.78 is 31.6. The first-order valence-electron chi connectivity index (χ1n) is 10.8. The summed E-state index contributed by atoms with van der Waals surface area (Å²) in [7, 11) is -2.26. The molecule has 0 spiro atoms. The number of unbranched alkanes of at least 4 members (excludes halogenated alkanes) is 1. The van der Waals surface area contributed by atoms with Crippen molar-refractivity contribution in [1.29, 1.82) is 0 Å². The molecule has 0 atom stereocenters. The minimum absolute atomic E-state index is 0.0905. The van der Waals surface area contributed by atoms with E-state index in [-0.39, 0.29) is 29.6 Å². The van der Waals surface area contributed by atoms with Gasteiger partial charge < -0.3 is 10.1 Å². The fourth-order valence-corrected chi connectivity index (χ4v) is 4.14. The number of nitrogens with zero attached hydrogens (tertiary/aromatic N) is 1. The van der Waals surface area contributed by atoms with E-state index in [4.69, 9.17) is 4.74 Å². The van der Waals surface area contributed by atoms with E-state index in [9.17, 15) is 22.8 Å². The number of anilines is 1. The van der Waals surface area contributed by atoms with Crippen LogP contribution < -0.4 is 5.32 Å². The number of ketones is 1. The molecule has 2 aromatic rings. The van der Waals surface area contributed by atoms with Crippen LogP contribution in [-0.2, 0) is 19.6 Å². The number of amides is 1. The zero-order chi connectivity index (χ0) is 24.4. The van der Waals surface area contributed by atoms with Crippen molar-refractivity contribution in [3.05, 3.63) is 59.7 Å². The Kier molecular flexibility index (Phi) is 9.74. The molecule has 0 aromatic heterocycles. The fraction of sp³-hybridized carbons (Fsp3) is 0.375. The van der Waals surface area contributed by atoms with Crippen LogP contribution >= 0.6 is 0 Å². The van der Waals surface area contributed by atoms with Gasteiger partial charge in [0.25, 0.3) is 0 Å². The molecule has 0 fully saturated rings. The van der Waals surface area contributed by atoms with Gasteiger partial charge in [-0.25, -0.2) is 17.5 Å². The van der Waals surface area contributed by atoms with Crippen LogP contribution in [0.1, 0.15) is 60.2 Å². The maximum atomic E-state index is 12.7. The summed E-state index contributed by atoms with van der Waals surface area (Å²) in [5, 5.41) is 2.73. The Bertz CT molecular complexity index is 1060. The third-order valence-corrected chi connectivity index (χ3v) is 6.85. The normalized spacial score (nSPS) is 11.3. The zero-order valence-corrected chi connectivity index (χ0v) is 20.0. The summed E-state index contributed by atoms with van der Waals surface area (Å²) in [4.78, 5) is 35.6. The van der Waals surface area contributed by atoms with Crippen molar-refractivity contribution in [2.24, 2.45) is 0 Å². The predicted molar refractivity (Wildman–Crippen MR) is 126 cm³/mol. The van der Waals surface area contributed by atoms with E-state index in [1.807, 2.05) is 6.92 Å². The number of nitrogens with one attached hydrogen (secondary N) is 1. The average molecular weight is 475 g/mol. The van der Waals surface area contributed by atoms with Crippen molar-refractivity contribution < 1.29 is 27.5 Å². The summed E-state index contributed by atoms with van der Waals surface area (Å²) in [5.41, 5.74) is 1.39. The average Bonchev–Trinajstić information content (AvgIpc) is 2.79. The first-order valence-corrected chi connectivity index (χ1v) is 12.2. The summed E-state index contributed by atoms with van der Waals surface area (Å²) in [6, 6.07) is 12.2. The molecule has 0 aliphatic heterocycles. The van der Waals surface area contributed by atoms with E-state index in [1.54, 1.807) is 24.3 Å². The predicted octanol–water partition coefficient (Wildman–Crippen LogP) is 3.89. The van der Waals surface area contributed by atoms with Crippen LogP contribution in [-0.4, -0.2) is 50.6 Å². The van der Waals surface area contributed by atoms with Gasteiger partial charge in [-0.3, -0.25) is 9.59 Å². The second kappa shape index (κ2) is 12.3. The van der Waals surface area contributed by atoms with Crippen molar-refractivity contribution in [2.75, 3.05) is 25.5 Å². The molecule has 0 unspecified atom stereocenters. The van der Waals surface area contributed by atoms with E-state index in [0.717, 1.165) is 12.8 Å². The van der Waals surface area contributed by atoms with Gasteiger partial charge in [0.2, 0.25) is 15.9 Å². The monoisotopic (exact) mass is 474 g/mol. The minimum atomic E-state index is -3.71. The molecule has 0 saturated carbocycles. The minimum Gasteiger partial charge on any atom is -0.462 e. The van der Waals surface area contributed by atoms with E-state index in [0.29, 0.717) is 29.8 Å². The number of carbonyl (C=O) groups excluding carboxylic acids is 3. The van der Waals surface area contributed by atoms with Crippen LogP contribution in [0.5, 0.6) is 0 Å². The number of benzene rings is 2. The first-order chi connectivity index (χ1) is 15.6. The SMILES string of the molecule is CCCCOC(=O)c1ccc(NC(=O)CCCN(C)S(=O)(=O)c2ccc(C(C)=O)cc2)cc1. The molecule has 33 heavy (non-hydrogen) atoms. The maximum Gasteiger partial charge on any atom is 0.338 e. The third-order valence-electron chi connectivity index (χ3n) is 4.98. The Labute approximate surface area is 195 Å². The molecule has 0 aliphatic rings. The molecule has 0 aliphatic carbocycles. The van der Waals surface area contributed by atoms with E-state index in [2.05, 4.69) is 5.32 Å². The molecule has 1 N–H and O–H groups in total. The fourth-order valence-electron chi connectivity index (χ4n) is 2.93. The molecule has 0 saturated heterocycles. The number of sulfonamides is 1. The molecule has 8 nitrogen and oxygen atoms in total. The zero-order valence-electron chi connectivity index (χ0n) is 19.2. The van der Waals surface area contributed by atoms with Gasteiger partial charge in [-0.2, -0.15) is 0 Å². The summed E-state index contributed by atoms with van der Waals surface area (Å²) >= 11 is 0. The van der Waals surface area contributed by atoms with Crippen LogP contribution in [0.3, 0.4) is 0 Å². The Morgan fingerprint density at radius 3 is 2.12 bits per heavy atom. The Balaban J connectivity index is 1.82. The molecule has 0 heterocycles. The highest BCUT2D eigenvalue weighted by Gasteiger charge is 2.21. The lowest BCUT2D eigenvalue weighted by molar-refractivity contribution is -0.116. The van der Waals surface area contributed by atoms with Crippen molar-refractivity contribution in [1.82, 2.24) is 4.31 Å².